The Morgan fingerprint density at radius 2 is 2.05 bits per heavy atom. The quantitative estimate of drug-likeness (QED) is 0.745. The second-order valence-corrected chi connectivity index (χ2v) is 6.14. The molecule has 2 heterocycles. The number of aromatic amines is 1. The number of fused-ring (bicyclic) bond motifs is 1. The molecular weight excluding hydrogens is 284 g/mol. The maximum atomic E-state index is 12.6. The zero-order chi connectivity index (χ0) is 16.4. The van der Waals surface area contributed by atoms with Gasteiger partial charge in [-0.25, -0.2) is 0 Å². The molecule has 7 nitrogen and oxygen atoms in total. The molecule has 2 atom stereocenters. The molecule has 1 aliphatic heterocycles. The summed E-state index contributed by atoms with van der Waals surface area (Å²) in [5.74, 6) is -0.787. The van der Waals surface area contributed by atoms with E-state index in [1.807, 2.05) is 13.8 Å². The minimum absolute atomic E-state index is 0.0228. The largest absolute Gasteiger partial charge is 0.392 e. The molecule has 0 aromatic carbocycles. The second kappa shape index (κ2) is 6.48. The molecule has 3 N–H and O–H groups in total. The summed E-state index contributed by atoms with van der Waals surface area (Å²) in [5.41, 5.74) is 2.01. The summed E-state index contributed by atoms with van der Waals surface area (Å²) < 4.78 is 0. The minimum Gasteiger partial charge on any atom is -0.392 e. The van der Waals surface area contributed by atoms with Crippen molar-refractivity contribution in [3.05, 3.63) is 17.0 Å². The van der Waals surface area contributed by atoms with Gasteiger partial charge in [-0.05, 0) is 5.92 Å². The number of nitrogens with zero attached hydrogens (tertiary/aromatic N) is 2. The van der Waals surface area contributed by atoms with Gasteiger partial charge < -0.3 is 15.3 Å². The Morgan fingerprint density at radius 1 is 1.36 bits per heavy atom. The first-order valence-electron chi connectivity index (χ1n) is 7.61. The lowest BCUT2D eigenvalue weighted by atomic mass is 9.92. The highest BCUT2D eigenvalue weighted by Gasteiger charge is 2.32. The normalized spacial score (nSPS) is 17.1. The molecule has 7 heteroatoms. The van der Waals surface area contributed by atoms with Crippen LogP contribution in [0.3, 0.4) is 0 Å². The van der Waals surface area contributed by atoms with Crippen LogP contribution in [0.1, 0.15) is 42.5 Å². The fraction of sp³-hybridized carbons (Fsp3) is 0.667. The van der Waals surface area contributed by atoms with Crippen molar-refractivity contribution in [1.82, 2.24) is 20.4 Å². The molecule has 0 radical (unpaired) electrons. The highest BCUT2D eigenvalue weighted by atomic mass is 16.3. The molecule has 0 fully saturated rings. The fourth-order valence-electron chi connectivity index (χ4n) is 2.80. The van der Waals surface area contributed by atoms with Crippen molar-refractivity contribution >= 4 is 11.8 Å². The number of amides is 2. The van der Waals surface area contributed by atoms with Crippen molar-refractivity contribution in [2.24, 2.45) is 11.8 Å². The molecule has 22 heavy (non-hydrogen) atoms. The predicted octanol–water partition coefficient (Wildman–Crippen LogP) is 0.307. The number of rotatable bonds is 4. The van der Waals surface area contributed by atoms with Crippen LogP contribution in [0.25, 0.3) is 0 Å². The summed E-state index contributed by atoms with van der Waals surface area (Å²) in [6.07, 6.45) is -0.0353. The van der Waals surface area contributed by atoms with Crippen LogP contribution >= 0.6 is 0 Å². The monoisotopic (exact) mass is 308 g/mol. The molecule has 0 aliphatic carbocycles. The first-order valence-corrected chi connectivity index (χ1v) is 7.61. The highest BCUT2D eigenvalue weighted by Crippen LogP contribution is 2.23. The third kappa shape index (κ3) is 2.99. The lowest BCUT2D eigenvalue weighted by Crippen LogP contribution is -2.43. The molecule has 122 valence electrons. The van der Waals surface area contributed by atoms with Crippen molar-refractivity contribution in [2.75, 3.05) is 13.6 Å². The van der Waals surface area contributed by atoms with Crippen LogP contribution in [-0.2, 0) is 17.8 Å². The number of aliphatic hydroxyl groups is 1. The van der Waals surface area contributed by atoms with E-state index in [-0.39, 0.29) is 17.7 Å². The molecule has 2 rings (SSSR count). The van der Waals surface area contributed by atoms with Crippen LogP contribution < -0.4 is 5.32 Å². The summed E-state index contributed by atoms with van der Waals surface area (Å²) in [4.78, 5) is 26.1. The van der Waals surface area contributed by atoms with E-state index in [2.05, 4.69) is 15.5 Å². The number of carbonyl (C=O) groups excluding carboxylic acids is 2. The maximum Gasteiger partial charge on any atom is 0.271 e. The van der Waals surface area contributed by atoms with E-state index in [4.69, 9.17) is 0 Å². The Morgan fingerprint density at radius 3 is 2.64 bits per heavy atom. The van der Waals surface area contributed by atoms with Crippen molar-refractivity contribution < 1.29 is 14.7 Å². The summed E-state index contributed by atoms with van der Waals surface area (Å²) in [7, 11) is 1.55. The number of hydrogen-bond acceptors (Lipinski definition) is 4. The van der Waals surface area contributed by atoms with E-state index in [1.54, 1.807) is 18.9 Å². The van der Waals surface area contributed by atoms with Crippen molar-refractivity contribution in [1.29, 1.82) is 0 Å². The van der Waals surface area contributed by atoms with Gasteiger partial charge in [-0.3, -0.25) is 14.7 Å². The van der Waals surface area contributed by atoms with E-state index >= 15 is 0 Å². The third-order valence-corrected chi connectivity index (χ3v) is 4.27. The zero-order valence-corrected chi connectivity index (χ0v) is 13.5. The molecule has 1 aromatic heterocycles. The lowest BCUT2D eigenvalue weighted by Gasteiger charge is -2.31. The van der Waals surface area contributed by atoms with Crippen molar-refractivity contribution in [3.8, 4) is 0 Å². The molecule has 0 bridgehead atoms. The van der Waals surface area contributed by atoms with E-state index < -0.39 is 12.0 Å². The summed E-state index contributed by atoms with van der Waals surface area (Å²) in [6, 6.07) is 0. The van der Waals surface area contributed by atoms with Gasteiger partial charge in [0.05, 0.1) is 12.0 Å². The molecule has 0 saturated heterocycles. The smallest absolute Gasteiger partial charge is 0.271 e. The number of aliphatic hydroxyl groups excluding tert-OH is 1. The summed E-state index contributed by atoms with van der Waals surface area (Å²) >= 11 is 0. The first-order chi connectivity index (χ1) is 10.4. The average molecular weight is 308 g/mol. The topological polar surface area (TPSA) is 98.3 Å². The van der Waals surface area contributed by atoms with Gasteiger partial charge in [-0.15, -0.1) is 0 Å². The van der Waals surface area contributed by atoms with E-state index in [0.717, 1.165) is 11.3 Å². The molecular formula is C15H24N4O3. The highest BCUT2D eigenvalue weighted by molar-refractivity contribution is 5.94. The van der Waals surface area contributed by atoms with E-state index in [1.165, 1.54) is 0 Å². The van der Waals surface area contributed by atoms with Gasteiger partial charge in [0, 0.05) is 37.8 Å². The van der Waals surface area contributed by atoms with Crippen LogP contribution in [0.15, 0.2) is 0 Å². The first kappa shape index (κ1) is 16.5. The number of H-pyrrole nitrogens is 1. The number of carbonyl (C=O) groups is 2. The Bertz CT molecular complexity index is 567. The van der Waals surface area contributed by atoms with Crippen LogP contribution in [-0.4, -0.2) is 51.7 Å². The standard InChI is InChI=1S/C15H24N4O3/c1-8(2)13(20)9(3)15(22)19-6-5-11-10(7-19)12(18-17-11)14(21)16-4/h8-9,13,20H,5-7H2,1-4H3,(H,16,21)(H,17,18)/t9-,13-/m1/s1. The third-order valence-electron chi connectivity index (χ3n) is 4.27. The number of nitrogens with one attached hydrogen (secondary N) is 2. The minimum atomic E-state index is -0.670. The van der Waals surface area contributed by atoms with Crippen LogP contribution in [0.5, 0.6) is 0 Å². The van der Waals surface area contributed by atoms with Crippen molar-refractivity contribution in [3.63, 3.8) is 0 Å². The predicted molar refractivity (Wildman–Crippen MR) is 81.1 cm³/mol. The zero-order valence-electron chi connectivity index (χ0n) is 13.5. The number of hydrogen-bond donors (Lipinski definition) is 3. The van der Waals surface area contributed by atoms with Gasteiger partial charge in [-0.1, -0.05) is 20.8 Å². The Hall–Kier alpha value is -1.89. The van der Waals surface area contributed by atoms with Crippen LogP contribution in [0.4, 0.5) is 0 Å². The maximum absolute atomic E-state index is 12.6. The molecule has 0 saturated carbocycles. The van der Waals surface area contributed by atoms with E-state index in [0.29, 0.717) is 25.2 Å². The summed E-state index contributed by atoms with van der Waals surface area (Å²) in [6.45, 7) is 6.45. The van der Waals surface area contributed by atoms with Gasteiger partial charge >= 0.3 is 0 Å². The Labute approximate surface area is 130 Å². The average Bonchev–Trinajstić information content (AvgIpc) is 2.94. The van der Waals surface area contributed by atoms with Crippen LogP contribution in [0.2, 0.25) is 0 Å². The number of aromatic nitrogens is 2. The van der Waals surface area contributed by atoms with Crippen LogP contribution in [0, 0.1) is 11.8 Å². The van der Waals surface area contributed by atoms with Gasteiger partial charge in [0.15, 0.2) is 5.69 Å². The van der Waals surface area contributed by atoms with Crippen molar-refractivity contribution in [2.45, 2.75) is 39.8 Å². The molecule has 0 unspecified atom stereocenters. The van der Waals surface area contributed by atoms with Gasteiger partial charge in [0.1, 0.15) is 0 Å². The van der Waals surface area contributed by atoms with Gasteiger partial charge in [0.2, 0.25) is 5.91 Å². The fourth-order valence-corrected chi connectivity index (χ4v) is 2.80. The van der Waals surface area contributed by atoms with Gasteiger partial charge in [0.25, 0.3) is 5.91 Å². The Kier molecular flexibility index (Phi) is 4.85. The van der Waals surface area contributed by atoms with Gasteiger partial charge in [-0.2, -0.15) is 5.10 Å². The summed E-state index contributed by atoms with van der Waals surface area (Å²) in [5, 5.41) is 19.6. The SMILES string of the molecule is CNC(=O)c1n[nH]c2c1CN(C(=O)[C@H](C)[C@H](O)C(C)C)CC2. The molecule has 0 spiro atoms. The molecule has 1 aliphatic rings. The van der Waals surface area contributed by atoms with E-state index in [9.17, 15) is 14.7 Å². The Balaban J connectivity index is 2.16. The molecule has 2 amide bonds. The second-order valence-electron chi connectivity index (χ2n) is 6.14. The molecule has 1 aromatic rings. The lowest BCUT2D eigenvalue weighted by molar-refractivity contribution is -0.140.